The molecule has 0 spiro atoms. The molecule has 164 valence electrons. The third-order valence-electron chi connectivity index (χ3n) is 3.08. The van der Waals surface area contributed by atoms with E-state index in [9.17, 15) is 14.7 Å². The number of rotatable bonds is 14. The smallest absolute Gasteiger partial charge is 0.269 e. The van der Waals surface area contributed by atoms with Crippen molar-refractivity contribution in [3.63, 3.8) is 0 Å². The van der Waals surface area contributed by atoms with Crippen LogP contribution in [0.5, 0.6) is 0 Å². The van der Waals surface area contributed by atoms with E-state index in [0.717, 1.165) is 32.4 Å². The van der Waals surface area contributed by atoms with Crippen molar-refractivity contribution in [3.05, 3.63) is 0 Å². The van der Waals surface area contributed by atoms with Crippen LogP contribution in [0.1, 0.15) is 32.1 Å². The molecule has 0 aromatic carbocycles. The second kappa shape index (κ2) is 23.0. The molecule has 10 N–H and O–H groups in total. The van der Waals surface area contributed by atoms with E-state index in [2.05, 4.69) is 21.3 Å². The zero-order chi connectivity index (χ0) is 18.2. The molecule has 0 radical (unpaired) electrons. The van der Waals surface area contributed by atoms with Gasteiger partial charge in [0.25, 0.3) is 5.91 Å². The van der Waals surface area contributed by atoms with E-state index in [4.69, 9.17) is 16.9 Å². The Hall–Kier alpha value is -1.04. The minimum atomic E-state index is -1.55. The lowest BCUT2D eigenvalue weighted by molar-refractivity contribution is -0.136. The molecule has 13 heteroatoms. The van der Waals surface area contributed by atoms with Gasteiger partial charge in [-0.25, -0.2) is 0 Å². The summed E-state index contributed by atoms with van der Waals surface area (Å²) in [5.74, 6) is -1.22. The Morgan fingerprint density at radius 3 is 2.07 bits per heavy atom. The number of amides is 2. The number of guanidine groups is 1. The molecule has 2 amide bonds. The third-order valence-corrected chi connectivity index (χ3v) is 3.08. The molecule has 0 heterocycles. The molecule has 0 saturated carbocycles. The van der Waals surface area contributed by atoms with Crippen LogP contribution in [0, 0.1) is 5.41 Å². The number of carbonyl (C=O) groups excluding carboxylic acids is 2. The molecule has 0 aliphatic rings. The van der Waals surface area contributed by atoms with Crippen LogP contribution in [0.15, 0.2) is 0 Å². The lowest BCUT2D eigenvalue weighted by atomic mass is 10.3. The number of aliphatic hydroxyl groups is 1. The second-order valence-corrected chi connectivity index (χ2v) is 5.30. The van der Waals surface area contributed by atoms with Crippen LogP contribution in [0.25, 0.3) is 0 Å². The fourth-order valence-electron chi connectivity index (χ4n) is 1.80. The first-order valence-corrected chi connectivity index (χ1v) is 8.21. The van der Waals surface area contributed by atoms with E-state index in [1.807, 2.05) is 0 Å². The van der Waals surface area contributed by atoms with Crippen molar-refractivity contribution >= 4 is 55.0 Å². The Morgan fingerprint density at radius 2 is 1.48 bits per heavy atom. The monoisotopic (exact) mass is 453 g/mol. The molecule has 1 atom stereocenters. The van der Waals surface area contributed by atoms with Crippen molar-refractivity contribution in [3.8, 4) is 0 Å². The lowest BCUT2D eigenvalue weighted by Crippen LogP contribution is -2.47. The molecule has 10 nitrogen and oxygen atoms in total. The quantitative estimate of drug-likeness (QED) is 0.0701. The van der Waals surface area contributed by atoms with E-state index in [1.165, 1.54) is 0 Å². The summed E-state index contributed by atoms with van der Waals surface area (Å²) in [5.41, 5.74) is 10.5. The van der Waals surface area contributed by atoms with E-state index in [0.29, 0.717) is 26.1 Å². The van der Waals surface area contributed by atoms with Gasteiger partial charge in [0.1, 0.15) is 0 Å². The van der Waals surface area contributed by atoms with Crippen LogP contribution < -0.4 is 32.7 Å². The highest BCUT2D eigenvalue weighted by molar-refractivity contribution is 5.86. The standard InChI is InChI=1S/C14H31N7O3.3ClH/c15-6-4-8-18-7-1-2-9-19-12(23)13(24)21-11(22)5-3-10-20-14(16)17;;;/h13,18,24H,1-10,15H2,(H,19,23)(H,21,22)(H4,16,17,20);3*1H. The maximum Gasteiger partial charge on any atom is 0.269 e. The van der Waals surface area contributed by atoms with Gasteiger partial charge in [0.05, 0.1) is 0 Å². The number of halogens is 3. The predicted molar refractivity (Wildman–Crippen MR) is 114 cm³/mol. The Morgan fingerprint density at radius 1 is 0.926 bits per heavy atom. The van der Waals surface area contributed by atoms with Gasteiger partial charge >= 0.3 is 0 Å². The molecule has 0 aliphatic carbocycles. The summed E-state index contributed by atoms with van der Waals surface area (Å²) in [6, 6.07) is 0. The number of carbonyl (C=O) groups is 2. The van der Waals surface area contributed by atoms with Gasteiger partial charge in [-0.1, -0.05) is 0 Å². The molecule has 27 heavy (non-hydrogen) atoms. The second-order valence-electron chi connectivity index (χ2n) is 5.30. The van der Waals surface area contributed by atoms with Crippen LogP contribution in [0.3, 0.4) is 0 Å². The van der Waals surface area contributed by atoms with Crippen molar-refractivity contribution in [2.24, 2.45) is 11.5 Å². The van der Waals surface area contributed by atoms with Gasteiger partial charge < -0.3 is 37.8 Å². The normalized spacial score (nSPS) is 10.3. The highest BCUT2D eigenvalue weighted by Gasteiger charge is 2.16. The molecule has 0 fully saturated rings. The lowest BCUT2D eigenvalue weighted by Gasteiger charge is -2.13. The molecule has 1 unspecified atom stereocenters. The van der Waals surface area contributed by atoms with Crippen LogP contribution in [0.4, 0.5) is 0 Å². The van der Waals surface area contributed by atoms with Gasteiger partial charge in [0.2, 0.25) is 12.1 Å². The van der Waals surface area contributed by atoms with E-state index >= 15 is 0 Å². The van der Waals surface area contributed by atoms with Crippen molar-refractivity contribution in [2.45, 2.75) is 38.3 Å². The van der Waals surface area contributed by atoms with Gasteiger partial charge in [-0.15, -0.1) is 37.2 Å². The molecule has 0 bridgehead atoms. The van der Waals surface area contributed by atoms with Gasteiger partial charge in [-0.2, -0.15) is 0 Å². The molecule has 0 aromatic heterocycles. The molecule has 0 saturated heterocycles. The van der Waals surface area contributed by atoms with E-state index in [-0.39, 0.29) is 49.6 Å². The van der Waals surface area contributed by atoms with Crippen molar-refractivity contribution < 1.29 is 14.7 Å². The first-order valence-electron chi connectivity index (χ1n) is 8.21. The van der Waals surface area contributed by atoms with Gasteiger partial charge in [-0.3, -0.25) is 15.0 Å². The van der Waals surface area contributed by atoms with Crippen molar-refractivity contribution in [1.29, 1.82) is 5.41 Å². The van der Waals surface area contributed by atoms with Crippen LogP contribution in [-0.4, -0.2) is 61.8 Å². The van der Waals surface area contributed by atoms with Gasteiger partial charge in [0, 0.05) is 19.5 Å². The summed E-state index contributed by atoms with van der Waals surface area (Å²) in [5, 5.41) is 27.1. The third kappa shape index (κ3) is 22.9. The highest BCUT2D eigenvalue weighted by Crippen LogP contribution is 1.90. The zero-order valence-electron chi connectivity index (χ0n) is 15.3. The molecular formula is C14H34Cl3N7O3. The van der Waals surface area contributed by atoms with Crippen LogP contribution in [0.2, 0.25) is 0 Å². The average molecular weight is 455 g/mol. The highest BCUT2D eigenvalue weighted by atomic mass is 35.5. The minimum absolute atomic E-state index is 0. The number of aliphatic hydroxyl groups excluding tert-OH is 1. The maximum absolute atomic E-state index is 11.6. The Balaban J connectivity index is -0.000000882. The largest absolute Gasteiger partial charge is 0.370 e. The van der Waals surface area contributed by atoms with Crippen molar-refractivity contribution in [2.75, 3.05) is 32.7 Å². The van der Waals surface area contributed by atoms with Gasteiger partial charge in [-0.05, 0) is 45.3 Å². The summed E-state index contributed by atoms with van der Waals surface area (Å²) in [6.45, 7) is 3.22. The maximum atomic E-state index is 11.6. The summed E-state index contributed by atoms with van der Waals surface area (Å²) in [7, 11) is 0. The first-order chi connectivity index (χ1) is 11.5. The average Bonchev–Trinajstić information content (AvgIpc) is 2.53. The SMILES string of the molecule is Cl.Cl.Cl.N=C(N)NCCCC(=O)NC(O)C(=O)NCCCCNCCCN. The molecule has 0 aliphatic heterocycles. The summed E-state index contributed by atoms with van der Waals surface area (Å²) in [6.07, 6.45) is 1.62. The summed E-state index contributed by atoms with van der Waals surface area (Å²) >= 11 is 0. The van der Waals surface area contributed by atoms with Crippen LogP contribution >= 0.6 is 37.2 Å². The van der Waals surface area contributed by atoms with Crippen molar-refractivity contribution in [1.82, 2.24) is 21.3 Å². The Labute approximate surface area is 179 Å². The number of nitrogens with one attached hydrogen (secondary N) is 5. The topological polar surface area (TPSA) is 178 Å². The van der Waals surface area contributed by atoms with Gasteiger partial charge in [0.15, 0.2) is 5.96 Å². The number of hydrogen-bond acceptors (Lipinski definition) is 6. The molecular weight excluding hydrogens is 421 g/mol. The van der Waals surface area contributed by atoms with E-state index in [1.54, 1.807) is 0 Å². The fraction of sp³-hybridized carbons (Fsp3) is 0.786. The number of hydrogen-bond donors (Lipinski definition) is 8. The predicted octanol–water partition coefficient (Wildman–Crippen LogP) is -1.22. The Bertz CT molecular complexity index is 393. The zero-order valence-corrected chi connectivity index (χ0v) is 17.7. The summed E-state index contributed by atoms with van der Waals surface area (Å²) in [4.78, 5) is 23.1. The Kier molecular flexibility index (Phi) is 28.6. The minimum Gasteiger partial charge on any atom is -0.370 e. The van der Waals surface area contributed by atoms with Crippen LogP contribution in [-0.2, 0) is 9.59 Å². The molecule has 0 aromatic rings. The number of nitrogens with two attached hydrogens (primary N) is 2. The number of unbranched alkanes of at least 4 members (excludes halogenated alkanes) is 1. The fourth-order valence-corrected chi connectivity index (χ4v) is 1.80. The molecule has 0 rings (SSSR count). The summed E-state index contributed by atoms with van der Waals surface area (Å²) < 4.78 is 0. The van der Waals surface area contributed by atoms with E-state index < -0.39 is 18.0 Å². The first kappa shape index (κ1) is 33.5.